The molecule has 2 amide bonds. The fourth-order valence-electron chi connectivity index (χ4n) is 3.57. The van der Waals surface area contributed by atoms with E-state index in [2.05, 4.69) is 0 Å². The zero-order valence-electron chi connectivity index (χ0n) is 18.2. The second kappa shape index (κ2) is 9.88. The second-order valence-corrected chi connectivity index (χ2v) is 8.89. The fraction of sp³-hybridized carbons (Fsp3) is 0.185. The van der Waals surface area contributed by atoms with Crippen LogP contribution in [-0.4, -0.2) is 29.4 Å². The van der Waals surface area contributed by atoms with E-state index in [9.17, 15) is 9.59 Å². The van der Waals surface area contributed by atoms with E-state index in [0.717, 1.165) is 21.8 Å². The molecule has 0 aromatic heterocycles. The molecule has 1 aliphatic heterocycles. The third kappa shape index (κ3) is 4.94. The highest BCUT2D eigenvalue weighted by Crippen LogP contribution is 2.40. The molecule has 1 heterocycles. The van der Waals surface area contributed by atoms with Crippen LogP contribution < -0.4 is 4.74 Å². The average Bonchev–Trinajstić information content (AvgIpc) is 3.03. The Morgan fingerprint density at radius 3 is 2.06 bits per heavy atom. The topological polar surface area (TPSA) is 46.6 Å². The first-order chi connectivity index (χ1) is 15.5. The van der Waals surface area contributed by atoms with Gasteiger partial charge in [-0.15, -0.1) is 0 Å². The van der Waals surface area contributed by atoms with Crippen molar-refractivity contribution < 1.29 is 14.3 Å². The molecule has 1 aliphatic rings. The number of benzene rings is 3. The molecule has 32 heavy (non-hydrogen) atoms. The molecule has 0 radical (unpaired) electrons. The fourth-order valence-corrected chi connectivity index (χ4v) is 4.60. The van der Waals surface area contributed by atoms with Crippen LogP contribution in [0.3, 0.4) is 0 Å². The SMILES string of the molecule is CC(C)Oc1ccc(C2=C(Sc3ccccc3)C(=O)N(CCc3ccccc3)C2=O)cc1. The van der Waals surface area contributed by atoms with E-state index in [1.165, 1.54) is 16.7 Å². The Morgan fingerprint density at radius 1 is 0.812 bits per heavy atom. The van der Waals surface area contributed by atoms with Crippen LogP contribution in [0.5, 0.6) is 5.75 Å². The molecule has 162 valence electrons. The monoisotopic (exact) mass is 443 g/mol. The maximum absolute atomic E-state index is 13.4. The maximum Gasteiger partial charge on any atom is 0.268 e. The highest BCUT2D eigenvalue weighted by atomic mass is 32.2. The smallest absolute Gasteiger partial charge is 0.268 e. The van der Waals surface area contributed by atoms with Gasteiger partial charge < -0.3 is 4.74 Å². The Kier molecular flexibility index (Phi) is 6.76. The first-order valence-corrected chi connectivity index (χ1v) is 11.5. The van der Waals surface area contributed by atoms with Crippen molar-refractivity contribution >= 4 is 29.1 Å². The Hall–Kier alpha value is -3.31. The van der Waals surface area contributed by atoms with Gasteiger partial charge in [0.1, 0.15) is 5.75 Å². The van der Waals surface area contributed by atoms with Gasteiger partial charge in [-0.25, -0.2) is 0 Å². The normalized spacial score (nSPS) is 13.9. The minimum Gasteiger partial charge on any atom is -0.491 e. The summed E-state index contributed by atoms with van der Waals surface area (Å²) in [6.07, 6.45) is 0.684. The summed E-state index contributed by atoms with van der Waals surface area (Å²) in [4.78, 5) is 29.5. The third-order valence-corrected chi connectivity index (χ3v) is 6.16. The molecule has 0 aliphatic carbocycles. The third-order valence-electron chi connectivity index (χ3n) is 5.07. The van der Waals surface area contributed by atoms with Gasteiger partial charge >= 0.3 is 0 Å². The number of hydrogen-bond acceptors (Lipinski definition) is 4. The van der Waals surface area contributed by atoms with Crippen LogP contribution in [-0.2, 0) is 16.0 Å². The Bertz CT molecular complexity index is 1120. The maximum atomic E-state index is 13.4. The molecule has 3 aromatic rings. The van der Waals surface area contributed by atoms with E-state index >= 15 is 0 Å². The summed E-state index contributed by atoms with van der Waals surface area (Å²) >= 11 is 1.34. The van der Waals surface area contributed by atoms with Crippen molar-refractivity contribution in [2.45, 2.75) is 31.3 Å². The van der Waals surface area contributed by atoms with Crippen LogP contribution in [0.2, 0.25) is 0 Å². The number of nitrogens with zero attached hydrogens (tertiary/aromatic N) is 1. The molecular formula is C27H25NO3S. The van der Waals surface area contributed by atoms with Gasteiger partial charge in [0, 0.05) is 11.4 Å². The second-order valence-electron chi connectivity index (χ2n) is 7.81. The minimum atomic E-state index is -0.248. The molecular weight excluding hydrogens is 418 g/mol. The zero-order valence-corrected chi connectivity index (χ0v) is 19.0. The van der Waals surface area contributed by atoms with Gasteiger partial charge in [-0.3, -0.25) is 14.5 Å². The number of carbonyl (C=O) groups excluding carboxylic acids is 2. The molecule has 0 spiro atoms. The lowest BCUT2D eigenvalue weighted by Crippen LogP contribution is -2.33. The van der Waals surface area contributed by atoms with Crippen LogP contribution in [0.25, 0.3) is 5.57 Å². The van der Waals surface area contributed by atoms with E-state index in [1.807, 2.05) is 98.8 Å². The summed E-state index contributed by atoms with van der Waals surface area (Å²) in [6.45, 7) is 4.28. The van der Waals surface area contributed by atoms with Gasteiger partial charge in [-0.05, 0) is 55.7 Å². The Balaban J connectivity index is 1.64. The van der Waals surface area contributed by atoms with Crippen molar-refractivity contribution in [1.29, 1.82) is 0 Å². The van der Waals surface area contributed by atoms with Gasteiger partial charge in [0.15, 0.2) is 0 Å². The highest BCUT2D eigenvalue weighted by Gasteiger charge is 2.39. The summed E-state index contributed by atoms with van der Waals surface area (Å²) in [7, 11) is 0. The van der Waals surface area contributed by atoms with Gasteiger partial charge in [-0.1, -0.05) is 72.4 Å². The lowest BCUT2D eigenvalue weighted by molar-refractivity contribution is -0.136. The average molecular weight is 444 g/mol. The van der Waals surface area contributed by atoms with Crippen molar-refractivity contribution in [3.8, 4) is 5.75 Å². The first-order valence-electron chi connectivity index (χ1n) is 10.7. The van der Waals surface area contributed by atoms with Crippen LogP contribution in [0, 0.1) is 0 Å². The molecule has 0 fully saturated rings. The number of hydrogen-bond donors (Lipinski definition) is 0. The quantitative estimate of drug-likeness (QED) is 0.426. The lowest BCUT2D eigenvalue weighted by Gasteiger charge is -2.15. The molecule has 5 heteroatoms. The lowest BCUT2D eigenvalue weighted by atomic mass is 10.1. The number of ether oxygens (including phenoxy) is 1. The van der Waals surface area contributed by atoms with Crippen molar-refractivity contribution in [3.63, 3.8) is 0 Å². The first kappa shape index (κ1) is 21.9. The molecule has 0 N–H and O–H groups in total. The number of carbonyl (C=O) groups is 2. The molecule has 0 unspecified atom stereocenters. The number of amides is 2. The molecule has 4 rings (SSSR count). The van der Waals surface area contributed by atoms with E-state index in [4.69, 9.17) is 4.74 Å². The van der Waals surface area contributed by atoms with Crippen LogP contribution >= 0.6 is 11.8 Å². The summed E-state index contributed by atoms with van der Waals surface area (Å²) in [5.41, 5.74) is 2.27. The van der Waals surface area contributed by atoms with Gasteiger partial charge in [-0.2, -0.15) is 0 Å². The van der Waals surface area contributed by atoms with Crippen molar-refractivity contribution in [3.05, 3.63) is 101 Å². The predicted octanol–water partition coefficient (Wildman–Crippen LogP) is 5.59. The molecule has 0 saturated carbocycles. The van der Waals surface area contributed by atoms with Crippen molar-refractivity contribution in [2.75, 3.05) is 6.54 Å². The van der Waals surface area contributed by atoms with Gasteiger partial charge in [0.2, 0.25) is 0 Å². The van der Waals surface area contributed by atoms with Gasteiger partial charge in [0.05, 0.1) is 16.6 Å². The van der Waals surface area contributed by atoms with Crippen LogP contribution in [0.4, 0.5) is 0 Å². The number of imide groups is 1. The highest BCUT2D eigenvalue weighted by molar-refractivity contribution is 8.04. The van der Waals surface area contributed by atoms with Crippen molar-refractivity contribution in [2.24, 2.45) is 0 Å². The summed E-state index contributed by atoms with van der Waals surface area (Å²) in [6, 6.07) is 27.0. The summed E-state index contributed by atoms with van der Waals surface area (Å²) < 4.78 is 5.73. The minimum absolute atomic E-state index is 0.0624. The summed E-state index contributed by atoms with van der Waals surface area (Å²) in [5.74, 6) is 0.249. The number of thioether (sulfide) groups is 1. The molecule has 0 atom stereocenters. The predicted molar refractivity (Wildman–Crippen MR) is 128 cm³/mol. The van der Waals surface area contributed by atoms with Crippen molar-refractivity contribution in [1.82, 2.24) is 4.90 Å². The van der Waals surface area contributed by atoms with E-state index in [-0.39, 0.29) is 17.9 Å². The largest absolute Gasteiger partial charge is 0.491 e. The van der Waals surface area contributed by atoms with Crippen LogP contribution in [0.1, 0.15) is 25.0 Å². The van der Waals surface area contributed by atoms with Crippen LogP contribution in [0.15, 0.2) is 94.7 Å². The molecule has 0 bridgehead atoms. The molecule has 3 aromatic carbocycles. The van der Waals surface area contributed by atoms with Gasteiger partial charge in [0.25, 0.3) is 11.8 Å². The standard InChI is InChI=1S/C27H25NO3S/c1-19(2)31-22-15-13-21(14-16-22)24-25(32-23-11-7-4-8-12-23)27(30)28(26(24)29)18-17-20-9-5-3-6-10-20/h3-16,19H,17-18H2,1-2H3. The Morgan fingerprint density at radius 2 is 1.44 bits per heavy atom. The molecule has 0 saturated heterocycles. The summed E-state index contributed by atoms with van der Waals surface area (Å²) in [5, 5.41) is 0. The number of rotatable bonds is 8. The zero-order chi connectivity index (χ0) is 22.5. The molecule has 4 nitrogen and oxygen atoms in total. The van der Waals surface area contributed by atoms with E-state index in [0.29, 0.717) is 23.4 Å². The Labute approximate surface area is 192 Å². The van der Waals surface area contributed by atoms with E-state index < -0.39 is 0 Å². The van der Waals surface area contributed by atoms with E-state index in [1.54, 1.807) is 0 Å².